The SMILES string of the molecule is Cc1cccc(/C=C/C(=O)N2CCN(C(=O)Cc3c(-c4ccccc4)[nH]c4ccccc34)CC2)c1. The Morgan fingerprint density at radius 2 is 1.57 bits per heavy atom. The number of aromatic amines is 1. The molecule has 1 aliphatic rings. The number of H-pyrrole nitrogens is 1. The lowest BCUT2D eigenvalue weighted by Crippen LogP contribution is -2.50. The number of hydrogen-bond acceptors (Lipinski definition) is 2. The molecule has 5 nitrogen and oxygen atoms in total. The molecule has 2 amide bonds. The van der Waals surface area contributed by atoms with Gasteiger partial charge in [-0.3, -0.25) is 9.59 Å². The molecule has 5 rings (SSSR count). The van der Waals surface area contributed by atoms with Crippen molar-refractivity contribution in [2.24, 2.45) is 0 Å². The highest BCUT2D eigenvalue weighted by Gasteiger charge is 2.25. The van der Waals surface area contributed by atoms with Crippen molar-refractivity contribution in [2.45, 2.75) is 13.3 Å². The van der Waals surface area contributed by atoms with Crippen molar-refractivity contribution in [1.29, 1.82) is 0 Å². The minimum absolute atomic E-state index is 0.0124. The van der Waals surface area contributed by atoms with E-state index in [1.54, 1.807) is 6.08 Å². The molecule has 5 heteroatoms. The summed E-state index contributed by atoms with van der Waals surface area (Å²) in [6.45, 7) is 4.22. The Balaban J connectivity index is 1.26. The first-order valence-corrected chi connectivity index (χ1v) is 12.0. The van der Waals surface area contributed by atoms with Gasteiger partial charge in [0.05, 0.1) is 12.1 Å². The second-order valence-corrected chi connectivity index (χ2v) is 9.02. The third kappa shape index (κ3) is 5.04. The summed E-state index contributed by atoms with van der Waals surface area (Å²) in [5.74, 6) is 0.0796. The number of benzene rings is 3. The predicted molar refractivity (Wildman–Crippen MR) is 141 cm³/mol. The molecule has 1 aliphatic heterocycles. The molecule has 176 valence electrons. The number of para-hydroxylation sites is 1. The minimum Gasteiger partial charge on any atom is -0.354 e. The fourth-order valence-corrected chi connectivity index (χ4v) is 4.72. The van der Waals surface area contributed by atoms with Crippen molar-refractivity contribution >= 4 is 28.8 Å². The Hall–Kier alpha value is -4.12. The quantitative estimate of drug-likeness (QED) is 0.420. The van der Waals surface area contributed by atoms with Crippen molar-refractivity contribution in [3.63, 3.8) is 0 Å². The van der Waals surface area contributed by atoms with Gasteiger partial charge in [0.2, 0.25) is 11.8 Å². The maximum atomic E-state index is 13.3. The Bertz CT molecular complexity index is 1380. The Morgan fingerprint density at radius 1 is 0.857 bits per heavy atom. The number of fused-ring (bicyclic) bond motifs is 1. The highest BCUT2D eigenvalue weighted by atomic mass is 16.2. The number of aryl methyl sites for hydroxylation is 1. The zero-order chi connectivity index (χ0) is 24.2. The molecule has 0 saturated carbocycles. The van der Waals surface area contributed by atoms with Gasteiger partial charge in [0.1, 0.15) is 0 Å². The van der Waals surface area contributed by atoms with Crippen LogP contribution in [0.4, 0.5) is 0 Å². The molecular weight excluding hydrogens is 434 g/mol. The van der Waals surface area contributed by atoms with Gasteiger partial charge in [0.15, 0.2) is 0 Å². The standard InChI is InChI=1S/C30H29N3O2/c1-22-8-7-9-23(20-22)14-15-28(34)32-16-18-33(19-17-32)29(35)21-26-25-12-5-6-13-27(25)31-30(26)24-10-3-2-4-11-24/h2-15,20,31H,16-19,21H2,1H3/b15-14+. The molecule has 0 unspecified atom stereocenters. The number of carbonyl (C=O) groups excluding carboxylic acids is 2. The Morgan fingerprint density at radius 3 is 2.34 bits per heavy atom. The van der Waals surface area contributed by atoms with Crippen LogP contribution in [0.15, 0.2) is 84.9 Å². The van der Waals surface area contributed by atoms with Gasteiger partial charge in [0, 0.05) is 43.2 Å². The summed E-state index contributed by atoms with van der Waals surface area (Å²) < 4.78 is 0. The van der Waals surface area contributed by atoms with Crippen LogP contribution >= 0.6 is 0 Å². The van der Waals surface area contributed by atoms with E-state index in [2.05, 4.69) is 29.2 Å². The summed E-state index contributed by atoms with van der Waals surface area (Å²) in [5.41, 5.74) is 6.30. The average Bonchev–Trinajstić information content (AvgIpc) is 3.26. The van der Waals surface area contributed by atoms with Crippen LogP contribution in [0.1, 0.15) is 16.7 Å². The monoisotopic (exact) mass is 463 g/mol. The number of aromatic nitrogens is 1. The second-order valence-electron chi connectivity index (χ2n) is 9.02. The molecule has 0 atom stereocenters. The van der Waals surface area contributed by atoms with Gasteiger partial charge in [-0.25, -0.2) is 0 Å². The average molecular weight is 464 g/mol. The first-order chi connectivity index (χ1) is 17.1. The molecule has 0 radical (unpaired) electrons. The first kappa shape index (κ1) is 22.7. The number of nitrogens with one attached hydrogen (secondary N) is 1. The molecule has 4 aromatic rings. The van der Waals surface area contributed by atoms with E-state index in [9.17, 15) is 9.59 Å². The summed E-state index contributed by atoms with van der Waals surface area (Å²) in [7, 11) is 0. The van der Waals surface area contributed by atoms with Crippen LogP contribution in [0.3, 0.4) is 0 Å². The van der Waals surface area contributed by atoms with Gasteiger partial charge in [-0.15, -0.1) is 0 Å². The minimum atomic E-state index is -0.0124. The highest BCUT2D eigenvalue weighted by Crippen LogP contribution is 2.31. The van der Waals surface area contributed by atoms with Gasteiger partial charge in [-0.05, 0) is 35.8 Å². The molecule has 3 aromatic carbocycles. The van der Waals surface area contributed by atoms with E-state index in [0.717, 1.165) is 38.9 Å². The van der Waals surface area contributed by atoms with E-state index >= 15 is 0 Å². The fraction of sp³-hybridized carbons (Fsp3) is 0.200. The van der Waals surface area contributed by atoms with Crippen molar-refractivity contribution < 1.29 is 9.59 Å². The van der Waals surface area contributed by atoms with Gasteiger partial charge in [-0.2, -0.15) is 0 Å². The van der Waals surface area contributed by atoms with E-state index in [1.165, 1.54) is 0 Å². The first-order valence-electron chi connectivity index (χ1n) is 12.0. The van der Waals surface area contributed by atoms with Gasteiger partial charge in [0.25, 0.3) is 0 Å². The van der Waals surface area contributed by atoms with E-state index in [0.29, 0.717) is 32.6 Å². The molecule has 1 fully saturated rings. The van der Waals surface area contributed by atoms with Crippen LogP contribution in [-0.2, 0) is 16.0 Å². The third-order valence-corrected chi connectivity index (χ3v) is 6.61. The Kier molecular flexibility index (Phi) is 6.49. The van der Waals surface area contributed by atoms with Crippen molar-refractivity contribution in [2.75, 3.05) is 26.2 Å². The Labute approximate surface area is 205 Å². The lowest BCUT2D eigenvalue weighted by atomic mass is 10.0. The van der Waals surface area contributed by atoms with Crippen LogP contribution in [0.25, 0.3) is 28.2 Å². The normalized spacial score (nSPS) is 14.1. The number of piperazine rings is 1. The lowest BCUT2D eigenvalue weighted by molar-refractivity contribution is -0.136. The molecule has 1 aromatic heterocycles. The van der Waals surface area contributed by atoms with Gasteiger partial charge >= 0.3 is 0 Å². The van der Waals surface area contributed by atoms with Crippen LogP contribution in [0, 0.1) is 6.92 Å². The summed E-state index contributed by atoms with van der Waals surface area (Å²) in [4.78, 5) is 33.2. The van der Waals surface area contributed by atoms with E-state index in [-0.39, 0.29) is 11.8 Å². The number of rotatable bonds is 5. The van der Waals surface area contributed by atoms with Gasteiger partial charge < -0.3 is 14.8 Å². The van der Waals surface area contributed by atoms with Crippen LogP contribution in [0.5, 0.6) is 0 Å². The van der Waals surface area contributed by atoms with E-state index in [4.69, 9.17) is 0 Å². The molecule has 2 heterocycles. The maximum absolute atomic E-state index is 13.3. The van der Waals surface area contributed by atoms with Crippen LogP contribution < -0.4 is 0 Å². The maximum Gasteiger partial charge on any atom is 0.246 e. The molecule has 0 bridgehead atoms. The smallest absolute Gasteiger partial charge is 0.246 e. The number of hydrogen-bond donors (Lipinski definition) is 1. The zero-order valence-corrected chi connectivity index (χ0v) is 19.9. The fourth-order valence-electron chi connectivity index (χ4n) is 4.72. The largest absolute Gasteiger partial charge is 0.354 e. The number of amides is 2. The summed E-state index contributed by atoms with van der Waals surface area (Å²) in [5, 5.41) is 1.08. The highest BCUT2D eigenvalue weighted by molar-refractivity contribution is 5.95. The molecule has 35 heavy (non-hydrogen) atoms. The summed E-state index contributed by atoms with van der Waals surface area (Å²) in [6.07, 6.45) is 3.81. The second kappa shape index (κ2) is 10.0. The van der Waals surface area contributed by atoms with Crippen molar-refractivity contribution in [3.05, 3.63) is 102 Å². The molecule has 0 spiro atoms. The zero-order valence-electron chi connectivity index (χ0n) is 19.9. The lowest BCUT2D eigenvalue weighted by Gasteiger charge is -2.34. The predicted octanol–water partition coefficient (Wildman–Crippen LogP) is 5.07. The number of nitrogens with zero attached hydrogens (tertiary/aromatic N) is 2. The molecule has 1 saturated heterocycles. The summed E-state index contributed by atoms with van der Waals surface area (Å²) >= 11 is 0. The van der Waals surface area contributed by atoms with Gasteiger partial charge in [-0.1, -0.05) is 78.4 Å². The summed E-state index contributed by atoms with van der Waals surface area (Å²) in [6, 6.07) is 26.3. The topological polar surface area (TPSA) is 56.4 Å². The van der Waals surface area contributed by atoms with Crippen molar-refractivity contribution in [1.82, 2.24) is 14.8 Å². The third-order valence-electron chi connectivity index (χ3n) is 6.61. The van der Waals surface area contributed by atoms with E-state index < -0.39 is 0 Å². The van der Waals surface area contributed by atoms with Crippen molar-refractivity contribution in [3.8, 4) is 11.3 Å². The molecule has 1 N–H and O–H groups in total. The molecule has 0 aliphatic carbocycles. The van der Waals surface area contributed by atoms with E-state index in [1.807, 2.05) is 77.4 Å². The molecular formula is C30H29N3O2. The van der Waals surface area contributed by atoms with Crippen LogP contribution in [-0.4, -0.2) is 52.8 Å². The van der Waals surface area contributed by atoms with Crippen LogP contribution in [0.2, 0.25) is 0 Å². The number of carbonyl (C=O) groups is 2.